The average Bonchev–Trinajstić information content (AvgIpc) is 2.49. The van der Waals surface area contributed by atoms with Crippen LogP contribution in [0.15, 0.2) is 54.6 Å². The molecule has 0 saturated carbocycles. The van der Waals surface area contributed by atoms with Crippen molar-refractivity contribution in [2.75, 3.05) is 5.32 Å². The van der Waals surface area contributed by atoms with E-state index in [0.29, 0.717) is 5.92 Å². The lowest BCUT2D eigenvalue weighted by atomic mass is 9.95. The lowest BCUT2D eigenvalue weighted by Gasteiger charge is -2.18. The van der Waals surface area contributed by atoms with E-state index in [1.54, 1.807) is 0 Å². The largest absolute Gasteiger partial charge is 0.325 e. The van der Waals surface area contributed by atoms with Gasteiger partial charge in [-0.2, -0.15) is 0 Å². The molecular weight excluding hydrogens is 258 g/mol. The van der Waals surface area contributed by atoms with Crippen molar-refractivity contribution in [2.45, 2.75) is 39.0 Å². The lowest BCUT2D eigenvalue weighted by Crippen LogP contribution is -2.21. The van der Waals surface area contributed by atoms with Crippen LogP contribution in [0.3, 0.4) is 0 Å². The van der Waals surface area contributed by atoms with Gasteiger partial charge in [-0.25, -0.2) is 0 Å². The maximum Gasteiger partial charge on any atom is 0.231 e. The van der Waals surface area contributed by atoms with Crippen LogP contribution < -0.4 is 5.32 Å². The summed E-state index contributed by atoms with van der Waals surface area (Å²) in [5.74, 6) is 0.349. The lowest BCUT2D eigenvalue weighted by molar-refractivity contribution is -0.117. The number of amides is 1. The zero-order valence-corrected chi connectivity index (χ0v) is 13.0. The van der Waals surface area contributed by atoms with Crippen LogP contribution >= 0.6 is 0 Å². The molecule has 0 radical (unpaired) electrons. The van der Waals surface area contributed by atoms with E-state index in [2.05, 4.69) is 25.2 Å². The second-order valence-electron chi connectivity index (χ2n) is 5.60. The first kappa shape index (κ1) is 15.3. The fraction of sp³-hybridized carbons (Fsp3) is 0.316. The molecule has 0 saturated heterocycles. The van der Waals surface area contributed by atoms with Crippen molar-refractivity contribution < 1.29 is 4.79 Å². The van der Waals surface area contributed by atoms with Gasteiger partial charge in [-0.3, -0.25) is 4.79 Å². The summed E-state index contributed by atoms with van der Waals surface area (Å²) < 4.78 is 0. The van der Waals surface area contributed by atoms with E-state index in [4.69, 9.17) is 0 Å². The van der Waals surface area contributed by atoms with Crippen LogP contribution in [0.5, 0.6) is 0 Å². The summed E-state index contributed by atoms with van der Waals surface area (Å²) >= 11 is 0. The number of hydrogen-bond acceptors (Lipinski definition) is 1. The van der Waals surface area contributed by atoms with Crippen molar-refractivity contribution in [3.05, 3.63) is 65.7 Å². The zero-order valence-electron chi connectivity index (χ0n) is 13.0. The Kier molecular flexibility index (Phi) is 5.15. The normalized spacial score (nSPS) is 12.2. The highest BCUT2D eigenvalue weighted by Gasteiger charge is 2.19. The van der Waals surface area contributed by atoms with Gasteiger partial charge in [0.1, 0.15) is 0 Å². The van der Waals surface area contributed by atoms with E-state index < -0.39 is 0 Å². The van der Waals surface area contributed by atoms with Gasteiger partial charge in [-0.05, 0) is 29.5 Å². The molecule has 0 fully saturated rings. The van der Waals surface area contributed by atoms with E-state index in [0.717, 1.165) is 17.7 Å². The SMILES string of the molecule is CCC(C(=O)Nc1ccccc1C(C)C)c1ccccc1. The standard InChI is InChI=1S/C19H23NO/c1-4-16(15-10-6-5-7-11-15)19(21)20-18-13-9-8-12-17(18)14(2)3/h5-14,16H,4H2,1-3H3,(H,20,21). The van der Waals surface area contributed by atoms with Crippen molar-refractivity contribution in [3.8, 4) is 0 Å². The third-order valence-corrected chi connectivity index (χ3v) is 3.77. The average molecular weight is 281 g/mol. The Morgan fingerprint density at radius 3 is 2.24 bits per heavy atom. The minimum absolute atomic E-state index is 0.0665. The van der Waals surface area contributed by atoms with Gasteiger partial charge < -0.3 is 5.32 Å². The topological polar surface area (TPSA) is 29.1 Å². The molecule has 0 spiro atoms. The van der Waals surface area contributed by atoms with Crippen LogP contribution in [0.25, 0.3) is 0 Å². The maximum atomic E-state index is 12.6. The summed E-state index contributed by atoms with van der Waals surface area (Å²) in [5, 5.41) is 3.10. The van der Waals surface area contributed by atoms with E-state index in [9.17, 15) is 4.79 Å². The molecule has 1 unspecified atom stereocenters. The van der Waals surface area contributed by atoms with Gasteiger partial charge in [0, 0.05) is 5.69 Å². The highest BCUT2D eigenvalue weighted by atomic mass is 16.1. The predicted octanol–water partition coefficient (Wildman–Crippen LogP) is 4.94. The number of carbonyl (C=O) groups excluding carboxylic acids is 1. The first-order valence-electron chi connectivity index (χ1n) is 7.58. The third kappa shape index (κ3) is 3.72. The van der Waals surface area contributed by atoms with Crippen LogP contribution in [0.2, 0.25) is 0 Å². The van der Waals surface area contributed by atoms with Crippen molar-refractivity contribution in [1.82, 2.24) is 0 Å². The van der Waals surface area contributed by atoms with Crippen LogP contribution in [-0.4, -0.2) is 5.91 Å². The van der Waals surface area contributed by atoms with Crippen LogP contribution in [0, 0.1) is 0 Å². The van der Waals surface area contributed by atoms with Gasteiger partial charge in [-0.1, -0.05) is 69.3 Å². The molecule has 21 heavy (non-hydrogen) atoms. The van der Waals surface area contributed by atoms with Gasteiger partial charge in [0.25, 0.3) is 0 Å². The molecule has 1 N–H and O–H groups in total. The van der Waals surface area contributed by atoms with Crippen LogP contribution in [-0.2, 0) is 4.79 Å². The van der Waals surface area contributed by atoms with Gasteiger partial charge >= 0.3 is 0 Å². The number of hydrogen-bond donors (Lipinski definition) is 1. The van der Waals surface area contributed by atoms with E-state index in [1.165, 1.54) is 5.56 Å². The summed E-state index contributed by atoms with van der Waals surface area (Å²) in [6.07, 6.45) is 0.791. The summed E-state index contributed by atoms with van der Waals surface area (Å²) in [4.78, 5) is 12.6. The fourth-order valence-corrected chi connectivity index (χ4v) is 2.59. The Bertz CT molecular complexity index is 590. The molecular formula is C19H23NO. The molecule has 2 heteroatoms. The summed E-state index contributed by atoms with van der Waals surface area (Å²) in [6.45, 7) is 6.32. The monoisotopic (exact) mass is 281 g/mol. The number of rotatable bonds is 5. The molecule has 0 heterocycles. The van der Waals surface area contributed by atoms with Crippen LogP contribution in [0.4, 0.5) is 5.69 Å². The minimum atomic E-state index is -0.105. The molecule has 2 nitrogen and oxygen atoms in total. The summed E-state index contributed by atoms with van der Waals surface area (Å²) in [6, 6.07) is 18.0. The van der Waals surface area contributed by atoms with E-state index in [-0.39, 0.29) is 11.8 Å². The Labute approximate surface area is 127 Å². The van der Waals surface area contributed by atoms with Gasteiger partial charge in [0.2, 0.25) is 5.91 Å². The number of nitrogens with one attached hydrogen (secondary N) is 1. The number of anilines is 1. The first-order valence-corrected chi connectivity index (χ1v) is 7.58. The second kappa shape index (κ2) is 7.07. The Morgan fingerprint density at radius 1 is 1.00 bits per heavy atom. The highest BCUT2D eigenvalue weighted by Crippen LogP contribution is 2.26. The molecule has 1 atom stereocenters. The molecule has 0 aliphatic carbocycles. The number of carbonyl (C=O) groups is 1. The van der Waals surface area contributed by atoms with Crippen LogP contribution in [0.1, 0.15) is 50.2 Å². The van der Waals surface area contributed by atoms with Crippen molar-refractivity contribution >= 4 is 11.6 Å². The van der Waals surface area contributed by atoms with Gasteiger partial charge in [0.05, 0.1) is 5.92 Å². The zero-order chi connectivity index (χ0) is 15.2. The van der Waals surface area contributed by atoms with Gasteiger partial charge in [-0.15, -0.1) is 0 Å². The van der Waals surface area contributed by atoms with Crippen molar-refractivity contribution in [3.63, 3.8) is 0 Å². The molecule has 0 bridgehead atoms. The molecule has 0 aliphatic heterocycles. The molecule has 2 aromatic carbocycles. The number of para-hydroxylation sites is 1. The minimum Gasteiger partial charge on any atom is -0.325 e. The molecule has 0 aliphatic rings. The quantitative estimate of drug-likeness (QED) is 0.826. The fourth-order valence-electron chi connectivity index (χ4n) is 2.59. The van der Waals surface area contributed by atoms with E-state index >= 15 is 0 Å². The molecule has 110 valence electrons. The third-order valence-electron chi connectivity index (χ3n) is 3.77. The molecule has 1 amide bonds. The summed E-state index contributed by atoms with van der Waals surface area (Å²) in [7, 11) is 0. The van der Waals surface area contributed by atoms with E-state index in [1.807, 2.05) is 55.5 Å². The number of benzene rings is 2. The first-order chi connectivity index (χ1) is 10.1. The smallest absolute Gasteiger partial charge is 0.231 e. The highest BCUT2D eigenvalue weighted by molar-refractivity contribution is 5.96. The Morgan fingerprint density at radius 2 is 1.62 bits per heavy atom. The van der Waals surface area contributed by atoms with Crippen molar-refractivity contribution in [2.24, 2.45) is 0 Å². The van der Waals surface area contributed by atoms with Gasteiger partial charge in [0.15, 0.2) is 0 Å². The second-order valence-corrected chi connectivity index (χ2v) is 5.60. The predicted molar refractivity (Wildman–Crippen MR) is 88.6 cm³/mol. The Balaban J connectivity index is 2.21. The van der Waals surface area contributed by atoms with Crippen molar-refractivity contribution in [1.29, 1.82) is 0 Å². The molecule has 0 aromatic heterocycles. The molecule has 2 rings (SSSR count). The Hall–Kier alpha value is -2.09. The molecule has 2 aromatic rings. The maximum absolute atomic E-state index is 12.6. The summed E-state index contributed by atoms with van der Waals surface area (Å²) in [5.41, 5.74) is 3.17.